The Labute approximate surface area is 121 Å². The summed E-state index contributed by atoms with van der Waals surface area (Å²) in [6.45, 7) is 3.07. The van der Waals surface area contributed by atoms with E-state index in [1.54, 1.807) is 6.07 Å². The fourth-order valence-electron chi connectivity index (χ4n) is 2.68. The van der Waals surface area contributed by atoms with Crippen molar-refractivity contribution in [3.63, 3.8) is 0 Å². The molecule has 0 aliphatic heterocycles. The molecule has 1 aromatic rings. The van der Waals surface area contributed by atoms with E-state index in [0.717, 1.165) is 12.0 Å². The summed E-state index contributed by atoms with van der Waals surface area (Å²) >= 11 is 0. The van der Waals surface area contributed by atoms with Gasteiger partial charge in [-0.25, -0.2) is 18.1 Å². The summed E-state index contributed by atoms with van der Waals surface area (Å²) in [7, 11) is -3.51. The molecule has 0 spiro atoms. The molecule has 0 amide bonds. The third-order valence-corrected chi connectivity index (χ3v) is 5.47. The Bertz CT molecular complexity index is 528. The van der Waals surface area contributed by atoms with Gasteiger partial charge < -0.3 is 5.73 Å². The lowest BCUT2D eigenvalue weighted by atomic mass is 9.81. The largest absolute Gasteiger partial charge is 0.326 e. The summed E-state index contributed by atoms with van der Waals surface area (Å²) in [5.41, 5.74) is 6.30. The molecule has 2 rings (SSSR count). The summed E-state index contributed by atoms with van der Waals surface area (Å²) in [4.78, 5) is 3.97. The minimum absolute atomic E-state index is 0.0677. The molecule has 0 aromatic carbocycles. The van der Waals surface area contributed by atoms with Crippen LogP contribution < -0.4 is 10.5 Å². The monoisotopic (exact) mass is 297 g/mol. The molecule has 2 unspecified atom stereocenters. The van der Waals surface area contributed by atoms with Crippen molar-refractivity contribution in [3.8, 4) is 0 Å². The third-order valence-electron chi connectivity index (χ3n) is 4.13. The van der Waals surface area contributed by atoms with Crippen molar-refractivity contribution in [2.75, 3.05) is 6.54 Å². The molecule has 5 nitrogen and oxygen atoms in total. The number of nitrogens with two attached hydrogens (primary N) is 1. The van der Waals surface area contributed by atoms with Gasteiger partial charge in [-0.1, -0.05) is 32.3 Å². The zero-order chi connectivity index (χ0) is 14.6. The van der Waals surface area contributed by atoms with E-state index in [-0.39, 0.29) is 5.03 Å². The predicted molar refractivity (Wildman–Crippen MR) is 78.4 cm³/mol. The predicted octanol–water partition coefficient (Wildman–Crippen LogP) is 1.64. The molecule has 1 fully saturated rings. The number of nitrogens with zero attached hydrogens (tertiary/aromatic N) is 1. The maximum Gasteiger partial charge on any atom is 0.258 e. The van der Waals surface area contributed by atoms with E-state index in [9.17, 15) is 8.42 Å². The molecule has 1 aromatic heterocycles. The van der Waals surface area contributed by atoms with Crippen molar-refractivity contribution < 1.29 is 8.42 Å². The van der Waals surface area contributed by atoms with Crippen molar-refractivity contribution in [1.29, 1.82) is 0 Å². The molecule has 20 heavy (non-hydrogen) atoms. The standard InChI is InChI=1S/C14H23N3O2S/c1-11-4-2-3-5-13(11)10-17-20(18,19)14-7-6-12(8-15)9-16-14/h6-7,9,11,13,17H,2-5,8,10,15H2,1H3. The van der Waals surface area contributed by atoms with E-state index in [1.165, 1.54) is 31.5 Å². The quantitative estimate of drug-likeness (QED) is 0.865. The van der Waals surface area contributed by atoms with Gasteiger partial charge in [-0.2, -0.15) is 0 Å². The fraction of sp³-hybridized carbons (Fsp3) is 0.643. The molecule has 0 radical (unpaired) electrons. The van der Waals surface area contributed by atoms with Crippen LogP contribution in [-0.4, -0.2) is 19.9 Å². The highest BCUT2D eigenvalue weighted by atomic mass is 32.2. The molecule has 1 heterocycles. The minimum atomic E-state index is -3.51. The summed E-state index contributed by atoms with van der Waals surface area (Å²) in [5, 5.41) is 0.0677. The molecule has 6 heteroatoms. The van der Waals surface area contributed by atoms with Crippen molar-refractivity contribution in [1.82, 2.24) is 9.71 Å². The van der Waals surface area contributed by atoms with Crippen molar-refractivity contribution in [2.45, 2.75) is 44.2 Å². The van der Waals surface area contributed by atoms with E-state index >= 15 is 0 Å². The minimum Gasteiger partial charge on any atom is -0.326 e. The Morgan fingerprint density at radius 2 is 2.10 bits per heavy atom. The van der Waals surface area contributed by atoms with Crippen LogP contribution in [0.1, 0.15) is 38.2 Å². The van der Waals surface area contributed by atoms with Gasteiger partial charge in [0.15, 0.2) is 5.03 Å². The lowest BCUT2D eigenvalue weighted by Gasteiger charge is -2.28. The van der Waals surface area contributed by atoms with E-state index in [1.807, 2.05) is 0 Å². The zero-order valence-electron chi connectivity index (χ0n) is 11.9. The van der Waals surface area contributed by atoms with Crippen LogP contribution in [0.15, 0.2) is 23.4 Å². The molecular weight excluding hydrogens is 274 g/mol. The Morgan fingerprint density at radius 3 is 2.70 bits per heavy atom. The van der Waals surface area contributed by atoms with Crippen LogP contribution >= 0.6 is 0 Å². The van der Waals surface area contributed by atoms with Gasteiger partial charge in [0, 0.05) is 19.3 Å². The first-order valence-electron chi connectivity index (χ1n) is 7.17. The van der Waals surface area contributed by atoms with Crippen molar-refractivity contribution in [3.05, 3.63) is 23.9 Å². The van der Waals surface area contributed by atoms with Gasteiger partial charge in [0.25, 0.3) is 10.0 Å². The maximum absolute atomic E-state index is 12.2. The number of aromatic nitrogens is 1. The molecule has 0 saturated heterocycles. The van der Waals surface area contributed by atoms with E-state index in [0.29, 0.717) is 24.9 Å². The number of pyridine rings is 1. The van der Waals surface area contributed by atoms with E-state index in [4.69, 9.17) is 5.73 Å². The Balaban J connectivity index is 1.99. The summed E-state index contributed by atoms with van der Waals surface area (Å²) in [6, 6.07) is 3.21. The van der Waals surface area contributed by atoms with Crippen LogP contribution in [0.5, 0.6) is 0 Å². The highest BCUT2D eigenvalue weighted by molar-refractivity contribution is 7.89. The lowest BCUT2D eigenvalue weighted by molar-refractivity contribution is 0.257. The van der Waals surface area contributed by atoms with E-state index in [2.05, 4.69) is 16.6 Å². The average molecular weight is 297 g/mol. The van der Waals surface area contributed by atoms with Gasteiger partial charge in [0.2, 0.25) is 0 Å². The number of hydrogen-bond acceptors (Lipinski definition) is 4. The first-order valence-corrected chi connectivity index (χ1v) is 8.66. The molecule has 1 saturated carbocycles. The SMILES string of the molecule is CC1CCCCC1CNS(=O)(=O)c1ccc(CN)cn1. The van der Waals surface area contributed by atoms with Crippen LogP contribution in [0.3, 0.4) is 0 Å². The summed E-state index contributed by atoms with van der Waals surface area (Å²) in [5.74, 6) is 1.01. The second-order valence-corrected chi connectivity index (χ2v) is 7.30. The van der Waals surface area contributed by atoms with Gasteiger partial charge in [-0.05, 0) is 29.9 Å². The van der Waals surface area contributed by atoms with Gasteiger partial charge in [-0.3, -0.25) is 0 Å². The molecule has 2 atom stereocenters. The Morgan fingerprint density at radius 1 is 1.35 bits per heavy atom. The van der Waals surface area contributed by atoms with Gasteiger partial charge in [0.05, 0.1) is 0 Å². The average Bonchev–Trinajstić information content (AvgIpc) is 2.46. The van der Waals surface area contributed by atoms with Crippen LogP contribution in [0.4, 0.5) is 0 Å². The summed E-state index contributed by atoms with van der Waals surface area (Å²) < 4.78 is 27.0. The molecular formula is C14H23N3O2S. The highest BCUT2D eigenvalue weighted by Crippen LogP contribution is 2.29. The Kier molecular flexibility index (Phi) is 5.12. The molecule has 3 N–H and O–H groups in total. The fourth-order valence-corrected chi connectivity index (χ4v) is 3.70. The molecule has 1 aliphatic rings. The second kappa shape index (κ2) is 6.65. The molecule has 1 aliphatic carbocycles. The van der Waals surface area contributed by atoms with Crippen LogP contribution in [0, 0.1) is 11.8 Å². The lowest BCUT2D eigenvalue weighted by Crippen LogP contribution is -2.33. The van der Waals surface area contributed by atoms with Gasteiger partial charge >= 0.3 is 0 Å². The highest BCUT2D eigenvalue weighted by Gasteiger charge is 2.24. The maximum atomic E-state index is 12.2. The molecule has 112 valence electrons. The van der Waals surface area contributed by atoms with Crippen LogP contribution in [0.25, 0.3) is 0 Å². The topological polar surface area (TPSA) is 85.1 Å². The number of nitrogens with one attached hydrogen (secondary N) is 1. The van der Waals surface area contributed by atoms with E-state index < -0.39 is 10.0 Å². The summed E-state index contributed by atoms with van der Waals surface area (Å²) in [6.07, 6.45) is 6.25. The number of sulfonamides is 1. The molecule has 0 bridgehead atoms. The second-order valence-electron chi connectivity index (χ2n) is 5.58. The van der Waals surface area contributed by atoms with Crippen LogP contribution in [-0.2, 0) is 16.6 Å². The normalized spacial score (nSPS) is 23.7. The van der Waals surface area contributed by atoms with Gasteiger partial charge in [0.1, 0.15) is 0 Å². The van der Waals surface area contributed by atoms with Crippen molar-refractivity contribution >= 4 is 10.0 Å². The number of hydrogen-bond donors (Lipinski definition) is 2. The van der Waals surface area contributed by atoms with Crippen molar-refractivity contribution in [2.24, 2.45) is 17.6 Å². The first-order chi connectivity index (χ1) is 9.53. The zero-order valence-corrected chi connectivity index (χ0v) is 12.7. The first kappa shape index (κ1) is 15.4. The van der Waals surface area contributed by atoms with Crippen LogP contribution in [0.2, 0.25) is 0 Å². The van der Waals surface area contributed by atoms with Gasteiger partial charge in [-0.15, -0.1) is 0 Å². The number of rotatable bonds is 5. The third kappa shape index (κ3) is 3.77. The smallest absolute Gasteiger partial charge is 0.258 e. The Hall–Kier alpha value is -0.980.